The first kappa shape index (κ1) is 17.7. The number of halogens is 1. The van der Waals surface area contributed by atoms with Gasteiger partial charge < -0.3 is 15.5 Å². The van der Waals surface area contributed by atoms with E-state index in [1.807, 2.05) is 17.0 Å². The molecule has 4 nitrogen and oxygen atoms in total. The summed E-state index contributed by atoms with van der Waals surface area (Å²) < 4.78 is 13.5. The zero-order valence-corrected chi connectivity index (χ0v) is 16.0. The van der Waals surface area contributed by atoms with Gasteiger partial charge in [0, 0.05) is 18.1 Å². The van der Waals surface area contributed by atoms with E-state index in [0.717, 1.165) is 36.9 Å². The van der Waals surface area contributed by atoms with Crippen LogP contribution in [-0.2, 0) is 6.42 Å². The van der Waals surface area contributed by atoms with Crippen molar-refractivity contribution in [1.29, 1.82) is 0 Å². The molecule has 3 aliphatic rings. The van der Waals surface area contributed by atoms with E-state index < -0.39 is 0 Å². The molecule has 1 spiro atoms. The zero-order valence-electron chi connectivity index (χ0n) is 16.0. The molecular formula is C23H26FN3O. The van der Waals surface area contributed by atoms with Gasteiger partial charge in [-0.3, -0.25) is 0 Å². The van der Waals surface area contributed by atoms with E-state index in [1.54, 1.807) is 12.1 Å². The minimum Gasteiger partial charge on any atom is -0.335 e. The first-order valence-corrected chi connectivity index (χ1v) is 10.3. The van der Waals surface area contributed by atoms with Crippen molar-refractivity contribution >= 4 is 6.03 Å². The van der Waals surface area contributed by atoms with E-state index in [1.165, 1.54) is 30.5 Å². The number of nitrogens with zero attached hydrogens (tertiary/aromatic N) is 1. The highest BCUT2D eigenvalue weighted by molar-refractivity contribution is 5.76. The largest absolute Gasteiger partial charge is 0.335 e. The average molecular weight is 379 g/mol. The maximum atomic E-state index is 13.5. The van der Waals surface area contributed by atoms with Crippen molar-refractivity contribution in [1.82, 2.24) is 15.5 Å². The summed E-state index contributed by atoms with van der Waals surface area (Å²) in [5.74, 6) is -0.257. The number of carbonyl (C=O) groups excluding carboxylic acids is 1. The molecule has 0 unspecified atom stereocenters. The van der Waals surface area contributed by atoms with Gasteiger partial charge in [0.05, 0.1) is 6.04 Å². The van der Waals surface area contributed by atoms with Crippen LogP contribution in [0.15, 0.2) is 48.5 Å². The van der Waals surface area contributed by atoms with E-state index in [-0.39, 0.29) is 29.5 Å². The van der Waals surface area contributed by atoms with Gasteiger partial charge in [-0.2, -0.15) is 0 Å². The van der Waals surface area contributed by atoms with Crippen molar-refractivity contribution in [2.45, 2.75) is 49.7 Å². The summed E-state index contributed by atoms with van der Waals surface area (Å²) in [5.41, 5.74) is 3.62. The number of carbonyl (C=O) groups is 1. The Bertz CT molecular complexity index is 868. The van der Waals surface area contributed by atoms with Gasteiger partial charge in [-0.25, -0.2) is 9.18 Å². The molecule has 2 heterocycles. The van der Waals surface area contributed by atoms with Crippen LogP contribution in [0.4, 0.5) is 9.18 Å². The normalized spacial score (nSPS) is 28.7. The maximum Gasteiger partial charge on any atom is 0.318 e. The number of urea groups is 1. The average Bonchev–Trinajstić information content (AvgIpc) is 3.17. The summed E-state index contributed by atoms with van der Waals surface area (Å²) in [6.07, 6.45) is 5.33. The molecule has 1 atom stereocenters. The van der Waals surface area contributed by atoms with Crippen LogP contribution in [0.25, 0.3) is 0 Å². The van der Waals surface area contributed by atoms with Crippen molar-refractivity contribution in [3.05, 3.63) is 71.0 Å². The van der Waals surface area contributed by atoms with Crippen molar-refractivity contribution in [2.75, 3.05) is 13.1 Å². The summed E-state index contributed by atoms with van der Waals surface area (Å²) >= 11 is 0. The Balaban J connectivity index is 1.38. The van der Waals surface area contributed by atoms with Gasteiger partial charge in [0.25, 0.3) is 0 Å². The third-order valence-corrected chi connectivity index (χ3v) is 6.66. The SMILES string of the molecule is O=C(N[C@H]1C[C@]2(CCCN2)C1)N1CCc2ccccc2[C@@H]1c1ccc(F)cc1. The van der Waals surface area contributed by atoms with Gasteiger partial charge in [-0.1, -0.05) is 36.4 Å². The number of fused-ring (bicyclic) bond motifs is 1. The fourth-order valence-corrected chi connectivity index (χ4v) is 5.25. The molecule has 2 amide bonds. The van der Waals surface area contributed by atoms with Gasteiger partial charge in [-0.05, 0) is 67.5 Å². The molecule has 1 aliphatic carbocycles. The second-order valence-corrected chi connectivity index (χ2v) is 8.46. The summed E-state index contributed by atoms with van der Waals surface area (Å²) in [6, 6.07) is 14.9. The van der Waals surface area contributed by atoms with E-state index in [4.69, 9.17) is 0 Å². The fraction of sp³-hybridized carbons (Fsp3) is 0.435. The zero-order chi connectivity index (χ0) is 19.1. The highest BCUT2D eigenvalue weighted by Crippen LogP contribution is 2.40. The highest BCUT2D eigenvalue weighted by Gasteiger charge is 2.47. The number of benzene rings is 2. The first-order chi connectivity index (χ1) is 13.6. The Morgan fingerprint density at radius 2 is 1.93 bits per heavy atom. The molecule has 0 bridgehead atoms. The van der Waals surface area contributed by atoms with Crippen LogP contribution >= 0.6 is 0 Å². The predicted molar refractivity (Wildman–Crippen MR) is 107 cm³/mol. The molecule has 146 valence electrons. The topological polar surface area (TPSA) is 44.4 Å². The molecule has 1 saturated carbocycles. The second kappa shape index (κ2) is 6.89. The summed E-state index contributed by atoms with van der Waals surface area (Å²) in [6.45, 7) is 1.76. The first-order valence-electron chi connectivity index (χ1n) is 10.3. The molecule has 28 heavy (non-hydrogen) atoms. The molecule has 2 fully saturated rings. The van der Waals surface area contributed by atoms with Crippen molar-refractivity contribution < 1.29 is 9.18 Å². The van der Waals surface area contributed by atoms with Crippen LogP contribution in [0.5, 0.6) is 0 Å². The molecule has 0 radical (unpaired) electrons. The van der Waals surface area contributed by atoms with E-state index in [2.05, 4.69) is 22.8 Å². The van der Waals surface area contributed by atoms with Crippen LogP contribution < -0.4 is 10.6 Å². The number of nitrogens with one attached hydrogen (secondary N) is 2. The summed E-state index contributed by atoms with van der Waals surface area (Å²) in [4.78, 5) is 15.1. The van der Waals surface area contributed by atoms with Gasteiger partial charge >= 0.3 is 6.03 Å². The van der Waals surface area contributed by atoms with Crippen molar-refractivity contribution in [3.63, 3.8) is 0 Å². The molecule has 2 aromatic carbocycles. The molecule has 5 rings (SSSR count). The Labute approximate surface area is 165 Å². The molecule has 2 aromatic rings. The monoisotopic (exact) mass is 379 g/mol. The summed E-state index contributed by atoms with van der Waals surface area (Å²) in [5, 5.41) is 6.86. The van der Waals surface area contributed by atoms with Crippen LogP contribution in [0, 0.1) is 5.82 Å². The highest BCUT2D eigenvalue weighted by atomic mass is 19.1. The van der Waals surface area contributed by atoms with Gasteiger partial charge in [0.2, 0.25) is 0 Å². The third-order valence-electron chi connectivity index (χ3n) is 6.66. The Kier molecular flexibility index (Phi) is 4.35. The van der Waals surface area contributed by atoms with Gasteiger partial charge in [0.1, 0.15) is 5.82 Å². The summed E-state index contributed by atoms with van der Waals surface area (Å²) in [7, 11) is 0. The maximum absolute atomic E-state index is 13.5. The van der Waals surface area contributed by atoms with Gasteiger partial charge in [0.15, 0.2) is 0 Å². The Morgan fingerprint density at radius 3 is 2.68 bits per heavy atom. The lowest BCUT2D eigenvalue weighted by Gasteiger charge is -2.47. The van der Waals surface area contributed by atoms with Gasteiger partial charge in [-0.15, -0.1) is 0 Å². The number of hydrogen-bond acceptors (Lipinski definition) is 2. The lowest BCUT2D eigenvalue weighted by molar-refractivity contribution is 0.132. The Morgan fingerprint density at radius 1 is 1.14 bits per heavy atom. The minimum absolute atomic E-state index is 0.0123. The molecule has 2 N–H and O–H groups in total. The van der Waals surface area contributed by atoms with Crippen LogP contribution in [0.3, 0.4) is 0 Å². The van der Waals surface area contributed by atoms with Crippen LogP contribution in [-0.4, -0.2) is 35.6 Å². The molecule has 5 heteroatoms. The third kappa shape index (κ3) is 3.08. The lowest BCUT2D eigenvalue weighted by Crippen LogP contribution is -2.61. The van der Waals surface area contributed by atoms with E-state index in [0.29, 0.717) is 6.54 Å². The van der Waals surface area contributed by atoms with Crippen molar-refractivity contribution in [2.24, 2.45) is 0 Å². The standard InChI is InChI=1S/C23H26FN3O/c24-18-8-6-17(7-9-18)21-20-5-2-1-4-16(20)10-13-27(21)22(28)26-19-14-23(15-19)11-3-12-25-23/h1-2,4-9,19,21,25H,3,10-15H2,(H,26,28)/t19-,21-,23+/m0/s1. The fourth-order valence-electron chi connectivity index (χ4n) is 5.25. The molecule has 2 aliphatic heterocycles. The number of hydrogen-bond donors (Lipinski definition) is 2. The predicted octanol–water partition coefficient (Wildman–Crippen LogP) is 3.77. The van der Waals surface area contributed by atoms with E-state index in [9.17, 15) is 9.18 Å². The van der Waals surface area contributed by atoms with Crippen LogP contribution in [0.1, 0.15) is 48.4 Å². The minimum atomic E-state index is -0.257. The number of rotatable bonds is 2. The smallest absolute Gasteiger partial charge is 0.318 e. The van der Waals surface area contributed by atoms with Crippen LogP contribution in [0.2, 0.25) is 0 Å². The molecular weight excluding hydrogens is 353 g/mol. The molecule has 1 saturated heterocycles. The Hall–Kier alpha value is -2.40. The lowest BCUT2D eigenvalue weighted by atomic mass is 9.72. The number of amides is 2. The quantitative estimate of drug-likeness (QED) is 0.834. The van der Waals surface area contributed by atoms with E-state index >= 15 is 0 Å². The molecule has 0 aromatic heterocycles. The second-order valence-electron chi connectivity index (χ2n) is 8.46. The van der Waals surface area contributed by atoms with Crippen molar-refractivity contribution in [3.8, 4) is 0 Å².